The van der Waals surface area contributed by atoms with Crippen LogP contribution in [0.2, 0.25) is 0 Å². The first kappa shape index (κ1) is 19.1. The number of nitrogens with zero attached hydrogens (tertiary/aromatic N) is 2. The highest BCUT2D eigenvalue weighted by Crippen LogP contribution is 2.28. The maximum Gasteiger partial charge on any atom is 0.271 e. The molecule has 3 aromatic rings. The number of fused-ring (bicyclic) bond motifs is 1. The molecule has 6 heteroatoms. The highest BCUT2D eigenvalue weighted by atomic mass is 19.1. The fraction of sp³-hybridized carbons (Fsp3) is 0.261. The number of carbonyl (C=O) groups excluding carboxylic acids is 1. The van der Waals surface area contributed by atoms with Gasteiger partial charge in [0.15, 0.2) is 0 Å². The van der Waals surface area contributed by atoms with Crippen LogP contribution in [0.1, 0.15) is 36.9 Å². The van der Waals surface area contributed by atoms with Crippen LogP contribution >= 0.6 is 0 Å². The van der Waals surface area contributed by atoms with E-state index in [1.807, 2.05) is 30.3 Å². The van der Waals surface area contributed by atoms with Crippen molar-refractivity contribution >= 4 is 11.6 Å². The van der Waals surface area contributed by atoms with E-state index in [4.69, 9.17) is 0 Å². The monoisotopic (exact) mass is 391 g/mol. The molecule has 2 aromatic carbocycles. The molecule has 148 valence electrons. The molecule has 0 fully saturated rings. The Morgan fingerprint density at radius 2 is 1.69 bits per heavy atom. The number of hydrogen-bond donors (Lipinski definition) is 1. The lowest BCUT2D eigenvalue weighted by atomic mass is 9.89. The third kappa shape index (κ3) is 3.83. The largest absolute Gasteiger partial charge is 0.324 e. The van der Waals surface area contributed by atoms with Gasteiger partial charge in [0.25, 0.3) is 5.56 Å². The second-order valence-electron chi connectivity index (χ2n) is 7.30. The average Bonchev–Trinajstić information content (AvgIpc) is 2.76. The molecule has 1 aliphatic rings. The van der Waals surface area contributed by atoms with E-state index in [-0.39, 0.29) is 17.3 Å². The van der Waals surface area contributed by atoms with Gasteiger partial charge in [0.1, 0.15) is 11.9 Å². The Labute approximate surface area is 168 Å². The molecule has 29 heavy (non-hydrogen) atoms. The molecular weight excluding hydrogens is 369 g/mol. The van der Waals surface area contributed by atoms with Crippen LogP contribution in [0.5, 0.6) is 0 Å². The van der Waals surface area contributed by atoms with E-state index in [0.29, 0.717) is 12.1 Å². The van der Waals surface area contributed by atoms with Crippen molar-refractivity contribution in [3.8, 4) is 11.3 Å². The van der Waals surface area contributed by atoms with Gasteiger partial charge in [-0.1, -0.05) is 30.3 Å². The fourth-order valence-electron chi connectivity index (χ4n) is 3.74. The summed E-state index contributed by atoms with van der Waals surface area (Å²) >= 11 is 0. The number of benzene rings is 2. The van der Waals surface area contributed by atoms with E-state index in [1.165, 1.54) is 28.9 Å². The minimum atomic E-state index is -0.803. The maximum absolute atomic E-state index is 13.1. The summed E-state index contributed by atoms with van der Waals surface area (Å²) in [4.78, 5) is 25.9. The minimum Gasteiger partial charge on any atom is -0.324 e. The number of anilines is 1. The molecule has 4 rings (SSSR count). The van der Waals surface area contributed by atoms with Crippen molar-refractivity contribution in [1.29, 1.82) is 0 Å². The Kier molecular flexibility index (Phi) is 5.25. The van der Waals surface area contributed by atoms with Crippen molar-refractivity contribution in [2.45, 2.75) is 38.6 Å². The number of amides is 1. The zero-order chi connectivity index (χ0) is 20.4. The summed E-state index contributed by atoms with van der Waals surface area (Å²) in [6.07, 6.45) is 3.50. The van der Waals surface area contributed by atoms with Crippen LogP contribution in [0.15, 0.2) is 59.4 Å². The zero-order valence-corrected chi connectivity index (χ0v) is 16.2. The number of aromatic nitrogens is 2. The highest BCUT2D eigenvalue weighted by molar-refractivity contribution is 5.93. The quantitative estimate of drug-likeness (QED) is 0.727. The molecule has 0 aliphatic heterocycles. The van der Waals surface area contributed by atoms with E-state index in [9.17, 15) is 14.0 Å². The SMILES string of the molecule is CC(C(=O)Nc1ccc(F)cc1)n1nc(-c2ccccc2)c2c(c1=O)CCCC2. The normalized spacial score (nSPS) is 14.1. The van der Waals surface area contributed by atoms with E-state index < -0.39 is 6.04 Å². The molecule has 0 radical (unpaired) electrons. The summed E-state index contributed by atoms with van der Waals surface area (Å²) in [5.74, 6) is -0.753. The van der Waals surface area contributed by atoms with Gasteiger partial charge in [-0.05, 0) is 62.4 Å². The molecule has 1 atom stereocenters. The molecule has 0 bridgehead atoms. The standard InChI is InChI=1S/C23H22FN3O2/c1-15(22(28)25-18-13-11-17(24)12-14-18)27-23(29)20-10-6-5-9-19(20)21(26-27)16-7-3-2-4-8-16/h2-4,7-8,11-15H,5-6,9-10H2,1H3,(H,25,28). The van der Waals surface area contributed by atoms with Crippen molar-refractivity contribution in [2.75, 3.05) is 5.32 Å². The summed E-state index contributed by atoms with van der Waals surface area (Å²) in [5, 5.41) is 7.34. The Hall–Kier alpha value is -3.28. The first-order valence-electron chi connectivity index (χ1n) is 9.81. The van der Waals surface area contributed by atoms with Gasteiger partial charge in [-0.25, -0.2) is 9.07 Å². The number of hydrogen-bond acceptors (Lipinski definition) is 3. The topological polar surface area (TPSA) is 64.0 Å². The Balaban J connectivity index is 1.73. The van der Waals surface area contributed by atoms with Gasteiger partial charge in [-0.2, -0.15) is 5.10 Å². The molecule has 1 N–H and O–H groups in total. The molecular formula is C23H22FN3O2. The Morgan fingerprint density at radius 3 is 2.38 bits per heavy atom. The second kappa shape index (κ2) is 7.99. The predicted molar refractivity (Wildman–Crippen MR) is 110 cm³/mol. The van der Waals surface area contributed by atoms with Crippen LogP contribution in [-0.4, -0.2) is 15.7 Å². The summed E-state index contributed by atoms with van der Waals surface area (Å²) in [7, 11) is 0. The fourth-order valence-corrected chi connectivity index (χ4v) is 3.74. The Morgan fingerprint density at radius 1 is 1.03 bits per heavy atom. The highest BCUT2D eigenvalue weighted by Gasteiger charge is 2.25. The lowest BCUT2D eigenvalue weighted by Crippen LogP contribution is -2.37. The van der Waals surface area contributed by atoms with Crippen molar-refractivity contribution in [1.82, 2.24) is 9.78 Å². The lowest BCUT2D eigenvalue weighted by Gasteiger charge is -2.22. The van der Waals surface area contributed by atoms with E-state index in [1.54, 1.807) is 6.92 Å². The molecule has 0 spiro atoms. The molecule has 1 aliphatic carbocycles. The number of halogens is 1. The molecule has 0 saturated heterocycles. The van der Waals surface area contributed by atoms with Crippen LogP contribution in [0.4, 0.5) is 10.1 Å². The van der Waals surface area contributed by atoms with Crippen molar-refractivity contribution in [2.24, 2.45) is 0 Å². The maximum atomic E-state index is 13.1. The summed E-state index contributed by atoms with van der Waals surface area (Å²) in [6, 6.07) is 14.5. The predicted octanol–water partition coefficient (Wildman–Crippen LogP) is 4.13. The van der Waals surface area contributed by atoms with Crippen LogP contribution in [0, 0.1) is 5.82 Å². The Bertz CT molecular complexity index is 1090. The van der Waals surface area contributed by atoms with Gasteiger partial charge in [0.2, 0.25) is 5.91 Å². The van der Waals surface area contributed by atoms with E-state index >= 15 is 0 Å². The first-order chi connectivity index (χ1) is 14.0. The number of rotatable bonds is 4. The smallest absolute Gasteiger partial charge is 0.271 e. The van der Waals surface area contributed by atoms with Gasteiger partial charge < -0.3 is 5.32 Å². The summed E-state index contributed by atoms with van der Waals surface area (Å²) in [5.41, 5.74) is 3.71. The van der Waals surface area contributed by atoms with Gasteiger partial charge >= 0.3 is 0 Å². The van der Waals surface area contributed by atoms with Gasteiger partial charge in [0, 0.05) is 16.8 Å². The zero-order valence-electron chi connectivity index (χ0n) is 16.2. The summed E-state index contributed by atoms with van der Waals surface area (Å²) < 4.78 is 14.4. The summed E-state index contributed by atoms with van der Waals surface area (Å²) in [6.45, 7) is 1.65. The molecule has 1 amide bonds. The van der Waals surface area contributed by atoms with Crippen molar-refractivity contribution in [3.05, 3.63) is 81.9 Å². The molecule has 1 unspecified atom stereocenters. The van der Waals surface area contributed by atoms with E-state index in [0.717, 1.165) is 41.6 Å². The van der Waals surface area contributed by atoms with Crippen LogP contribution < -0.4 is 10.9 Å². The van der Waals surface area contributed by atoms with Crippen LogP contribution in [0.3, 0.4) is 0 Å². The molecule has 0 saturated carbocycles. The lowest BCUT2D eigenvalue weighted by molar-refractivity contribution is -0.119. The minimum absolute atomic E-state index is 0.207. The van der Waals surface area contributed by atoms with E-state index in [2.05, 4.69) is 10.4 Å². The molecule has 1 heterocycles. The average molecular weight is 391 g/mol. The van der Waals surface area contributed by atoms with Crippen molar-refractivity contribution < 1.29 is 9.18 Å². The first-order valence-corrected chi connectivity index (χ1v) is 9.81. The van der Waals surface area contributed by atoms with Gasteiger partial charge in [-0.3, -0.25) is 9.59 Å². The molecule has 5 nitrogen and oxygen atoms in total. The number of nitrogens with one attached hydrogen (secondary N) is 1. The second-order valence-corrected chi connectivity index (χ2v) is 7.30. The van der Waals surface area contributed by atoms with Gasteiger partial charge in [0.05, 0.1) is 5.69 Å². The molecule has 1 aromatic heterocycles. The van der Waals surface area contributed by atoms with Gasteiger partial charge in [-0.15, -0.1) is 0 Å². The van der Waals surface area contributed by atoms with Crippen molar-refractivity contribution in [3.63, 3.8) is 0 Å². The number of carbonyl (C=O) groups is 1. The van der Waals surface area contributed by atoms with Crippen LogP contribution in [0.25, 0.3) is 11.3 Å². The third-order valence-electron chi connectivity index (χ3n) is 5.33. The third-order valence-corrected chi connectivity index (χ3v) is 5.33. The van der Waals surface area contributed by atoms with Crippen LogP contribution in [-0.2, 0) is 17.6 Å².